The van der Waals surface area contributed by atoms with E-state index >= 15 is 0 Å². The van der Waals surface area contributed by atoms with Crippen molar-refractivity contribution in [3.8, 4) is 0 Å². The van der Waals surface area contributed by atoms with Crippen LogP contribution in [-0.2, 0) is 6.18 Å². The number of rotatable bonds is 1. The van der Waals surface area contributed by atoms with E-state index in [2.05, 4.69) is 15.3 Å². The SMILES string of the molecule is O=c1cc(C(F)(F)F)nc(C2CCCN2)[nH]1. The summed E-state index contributed by atoms with van der Waals surface area (Å²) >= 11 is 0. The molecule has 1 unspecified atom stereocenters. The van der Waals surface area contributed by atoms with Gasteiger partial charge in [-0.3, -0.25) is 4.79 Å². The summed E-state index contributed by atoms with van der Waals surface area (Å²) in [7, 11) is 0. The Bertz CT molecular complexity index is 434. The van der Waals surface area contributed by atoms with Crippen LogP contribution in [0.25, 0.3) is 0 Å². The summed E-state index contributed by atoms with van der Waals surface area (Å²) < 4.78 is 37.2. The Labute approximate surface area is 88.9 Å². The van der Waals surface area contributed by atoms with Crippen LogP contribution in [0.4, 0.5) is 13.2 Å². The highest BCUT2D eigenvalue weighted by atomic mass is 19.4. The summed E-state index contributed by atoms with van der Waals surface area (Å²) in [5.41, 5.74) is -1.91. The molecule has 0 aliphatic carbocycles. The van der Waals surface area contributed by atoms with Gasteiger partial charge in [0.2, 0.25) is 0 Å². The maximum Gasteiger partial charge on any atom is 0.433 e. The van der Waals surface area contributed by atoms with E-state index in [1.54, 1.807) is 0 Å². The molecule has 0 spiro atoms. The zero-order valence-corrected chi connectivity index (χ0v) is 8.27. The molecule has 1 aliphatic rings. The smallest absolute Gasteiger partial charge is 0.309 e. The monoisotopic (exact) mass is 233 g/mol. The van der Waals surface area contributed by atoms with Crippen LogP contribution in [0, 0.1) is 0 Å². The zero-order chi connectivity index (χ0) is 11.8. The van der Waals surface area contributed by atoms with E-state index in [4.69, 9.17) is 0 Å². The van der Waals surface area contributed by atoms with Crippen molar-refractivity contribution in [3.63, 3.8) is 0 Å². The highest BCUT2D eigenvalue weighted by molar-refractivity contribution is 5.09. The summed E-state index contributed by atoms with van der Waals surface area (Å²) in [6.45, 7) is 0.727. The number of hydrogen-bond acceptors (Lipinski definition) is 3. The van der Waals surface area contributed by atoms with Gasteiger partial charge in [0, 0.05) is 6.07 Å². The van der Waals surface area contributed by atoms with Crippen molar-refractivity contribution < 1.29 is 13.2 Å². The highest BCUT2D eigenvalue weighted by Crippen LogP contribution is 2.28. The van der Waals surface area contributed by atoms with Crippen molar-refractivity contribution in [2.24, 2.45) is 0 Å². The number of nitrogens with one attached hydrogen (secondary N) is 2. The van der Waals surface area contributed by atoms with Crippen LogP contribution in [-0.4, -0.2) is 16.5 Å². The summed E-state index contributed by atoms with van der Waals surface area (Å²) in [5, 5.41) is 2.98. The number of alkyl halides is 3. The first kappa shape index (κ1) is 11.1. The van der Waals surface area contributed by atoms with E-state index in [0.29, 0.717) is 12.5 Å². The van der Waals surface area contributed by atoms with Crippen molar-refractivity contribution >= 4 is 0 Å². The lowest BCUT2D eigenvalue weighted by molar-refractivity contribution is -0.141. The van der Waals surface area contributed by atoms with Gasteiger partial charge in [0.25, 0.3) is 5.56 Å². The van der Waals surface area contributed by atoms with Gasteiger partial charge in [-0.1, -0.05) is 0 Å². The van der Waals surface area contributed by atoms with Crippen LogP contribution in [0.15, 0.2) is 10.9 Å². The molecule has 1 aromatic heterocycles. The molecule has 1 atom stereocenters. The first-order valence-electron chi connectivity index (χ1n) is 4.88. The normalized spacial score (nSPS) is 21.3. The molecule has 4 nitrogen and oxygen atoms in total. The van der Waals surface area contributed by atoms with Crippen LogP contribution in [0.1, 0.15) is 30.4 Å². The molecule has 0 amide bonds. The molecule has 2 rings (SSSR count). The van der Waals surface area contributed by atoms with Crippen molar-refractivity contribution in [2.45, 2.75) is 25.1 Å². The number of H-pyrrole nitrogens is 1. The Balaban J connectivity index is 2.39. The minimum absolute atomic E-state index is 0.0670. The van der Waals surface area contributed by atoms with Crippen molar-refractivity contribution in [1.29, 1.82) is 0 Å². The van der Waals surface area contributed by atoms with Gasteiger partial charge in [0.1, 0.15) is 5.82 Å². The molecule has 2 heterocycles. The van der Waals surface area contributed by atoms with Gasteiger partial charge >= 0.3 is 6.18 Å². The maximum atomic E-state index is 12.4. The minimum atomic E-state index is -4.58. The molecule has 0 aromatic carbocycles. The fourth-order valence-electron chi connectivity index (χ4n) is 1.70. The molecule has 1 aliphatic heterocycles. The van der Waals surface area contributed by atoms with E-state index in [-0.39, 0.29) is 11.9 Å². The average Bonchev–Trinajstić information content (AvgIpc) is 2.68. The summed E-state index contributed by atoms with van der Waals surface area (Å²) in [5.74, 6) is 0.0670. The molecular weight excluding hydrogens is 223 g/mol. The first-order valence-corrected chi connectivity index (χ1v) is 4.88. The molecule has 16 heavy (non-hydrogen) atoms. The fourth-order valence-corrected chi connectivity index (χ4v) is 1.70. The standard InChI is InChI=1S/C9H10F3N3O/c10-9(11,12)6-4-7(16)15-8(14-6)5-2-1-3-13-5/h4-5,13H,1-3H2,(H,14,15,16). The van der Waals surface area contributed by atoms with Gasteiger partial charge in [-0.25, -0.2) is 4.98 Å². The molecule has 1 fully saturated rings. The Morgan fingerprint density at radius 2 is 2.19 bits per heavy atom. The number of aromatic amines is 1. The first-order chi connectivity index (χ1) is 7.47. The quantitative estimate of drug-likeness (QED) is 0.766. The number of hydrogen-bond donors (Lipinski definition) is 2. The third-order valence-electron chi connectivity index (χ3n) is 2.44. The Morgan fingerprint density at radius 1 is 1.44 bits per heavy atom. The molecule has 0 radical (unpaired) electrons. The van der Waals surface area contributed by atoms with Gasteiger partial charge in [0.05, 0.1) is 6.04 Å². The van der Waals surface area contributed by atoms with Gasteiger partial charge in [-0.15, -0.1) is 0 Å². The van der Waals surface area contributed by atoms with E-state index in [1.807, 2.05) is 0 Å². The second-order valence-corrected chi connectivity index (χ2v) is 3.66. The summed E-state index contributed by atoms with van der Waals surface area (Å²) in [4.78, 5) is 16.9. The second-order valence-electron chi connectivity index (χ2n) is 3.66. The Hall–Kier alpha value is -1.37. The topological polar surface area (TPSA) is 57.8 Å². The van der Waals surface area contributed by atoms with Crippen LogP contribution >= 0.6 is 0 Å². The summed E-state index contributed by atoms with van der Waals surface area (Å²) in [6, 6.07) is 0.188. The van der Waals surface area contributed by atoms with Crippen molar-refractivity contribution in [2.75, 3.05) is 6.54 Å². The molecule has 1 saturated heterocycles. The predicted octanol–water partition coefficient (Wildman–Crippen LogP) is 1.21. The average molecular weight is 233 g/mol. The van der Waals surface area contributed by atoms with E-state index in [9.17, 15) is 18.0 Å². The van der Waals surface area contributed by atoms with Crippen LogP contribution in [0.5, 0.6) is 0 Å². The molecular formula is C9H10F3N3O. The lowest BCUT2D eigenvalue weighted by Crippen LogP contribution is -2.23. The molecule has 0 bridgehead atoms. The Kier molecular flexibility index (Phi) is 2.71. The van der Waals surface area contributed by atoms with Crippen LogP contribution in [0.3, 0.4) is 0 Å². The lowest BCUT2D eigenvalue weighted by atomic mass is 10.2. The van der Waals surface area contributed by atoms with Gasteiger partial charge in [0.15, 0.2) is 5.69 Å². The highest BCUT2D eigenvalue weighted by Gasteiger charge is 2.34. The molecule has 88 valence electrons. The van der Waals surface area contributed by atoms with Gasteiger partial charge in [-0.2, -0.15) is 13.2 Å². The predicted molar refractivity (Wildman–Crippen MR) is 49.8 cm³/mol. The van der Waals surface area contributed by atoms with E-state index in [1.165, 1.54) is 0 Å². The zero-order valence-electron chi connectivity index (χ0n) is 8.27. The molecule has 0 saturated carbocycles. The van der Waals surface area contributed by atoms with E-state index < -0.39 is 17.4 Å². The van der Waals surface area contributed by atoms with Crippen molar-refractivity contribution in [1.82, 2.24) is 15.3 Å². The van der Waals surface area contributed by atoms with Gasteiger partial charge in [-0.05, 0) is 19.4 Å². The molecule has 2 N–H and O–H groups in total. The largest absolute Gasteiger partial charge is 0.433 e. The third-order valence-corrected chi connectivity index (χ3v) is 2.44. The van der Waals surface area contributed by atoms with Crippen molar-refractivity contribution in [3.05, 3.63) is 27.9 Å². The van der Waals surface area contributed by atoms with E-state index in [0.717, 1.165) is 13.0 Å². The Morgan fingerprint density at radius 3 is 2.75 bits per heavy atom. The number of nitrogens with zero attached hydrogens (tertiary/aromatic N) is 1. The lowest BCUT2D eigenvalue weighted by Gasteiger charge is -2.11. The summed E-state index contributed by atoms with van der Waals surface area (Å²) in [6.07, 6.45) is -3.03. The number of aromatic nitrogens is 2. The van der Waals surface area contributed by atoms with Crippen LogP contribution in [0.2, 0.25) is 0 Å². The molecule has 7 heteroatoms. The van der Waals surface area contributed by atoms with Crippen LogP contribution < -0.4 is 10.9 Å². The minimum Gasteiger partial charge on any atom is -0.309 e. The van der Waals surface area contributed by atoms with Gasteiger partial charge < -0.3 is 10.3 Å². The second kappa shape index (κ2) is 3.89. The number of halogens is 3. The third kappa shape index (κ3) is 2.24. The molecule has 1 aromatic rings. The maximum absolute atomic E-state index is 12.4. The fraction of sp³-hybridized carbons (Fsp3) is 0.556.